The first-order chi connectivity index (χ1) is 9.85. The van der Waals surface area contributed by atoms with Gasteiger partial charge in [0.15, 0.2) is 9.84 Å². The van der Waals surface area contributed by atoms with Gasteiger partial charge in [-0.2, -0.15) is 5.10 Å². The van der Waals surface area contributed by atoms with Gasteiger partial charge in [0.2, 0.25) is 0 Å². The van der Waals surface area contributed by atoms with Crippen molar-refractivity contribution >= 4 is 9.84 Å². The Morgan fingerprint density at radius 2 is 2.10 bits per heavy atom. The van der Waals surface area contributed by atoms with Crippen LogP contribution in [-0.4, -0.2) is 53.1 Å². The van der Waals surface area contributed by atoms with Gasteiger partial charge in [0, 0.05) is 18.2 Å². The summed E-state index contributed by atoms with van der Waals surface area (Å²) < 4.78 is 25.2. The fourth-order valence-electron chi connectivity index (χ4n) is 3.11. The Morgan fingerprint density at radius 1 is 1.43 bits per heavy atom. The molecule has 1 unspecified atom stereocenters. The summed E-state index contributed by atoms with van der Waals surface area (Å²) in [7, 11) is -1.21. The summed E-state index contributed by atoms with van der Waals surface area (Å²) in [5, 5.41) is 24.0. The van der Waals surface area contributed by atoms with Gasteiger partial charge < -0.3 is 10.2 Å². The van der Waals surface area contributed by atoms with Gasteiger partial charge in [-0.1, -0.05) is 6.92 Å². The predicted molar refractivity (Wildman–Crippen MR) is 79.7 cm³/mol. The standard InChI is InChI=1S/C14H24N2O4S/c1-3-12-6-13(16(2)15-12)7-14(9-17,10-18)11-4-5-21(19,20)8-11/h6,11,17-18H,3-5,7-10H2,1-2H3. The maximum Gasteiger partial charge on any atom is 0.150 e. The minimum Gasteiger partial charge on any atom is -0.396 e. The van der Waals surface area contributed by atoms with E-state index in [1.165, 1.54) is 0 Å². The molecule has 7 heteroatoms. The lowest BCUT2D eigenvalue weighted by atomic mass is 9.73. The largest absolute Gasteiger partial charge is 0.396 e. The molecule has 21 heavy (non-hydrogen) atoms. The van der Waals surface area contributed by atoms with Crippen LogP contribution in [-0.2, 0) is 29.7 Å². The van der Waals surface area contributed by atoms with Crippen molar-refractivity contribution in [1.82, 2.24) is 9.78 Å². The molecule has 1 aromatic heterocycles. The average molecular weight is 316 g/mol. The summed E-state index contributed by atoms with van der Waals surface area (Å²) in [6.07, 6.45) is 1.75. The molecule has 2 rings (SSSR count). The molecular weight excluding hydrogens is 292 g/mol. The second-order valence-electron chi connectivity index (χ2n) is 6.06. The molecule has 0 amide bonds. The number of aromatic nitrogens is 2. The molecule has 6 nitrogen and oxygen atoms in total. The van der Waals surface area contributed by atoms with Crippen LogP contribution in [0.4, 0.5) is 0 Å². The maximum absolute atomic E-state index is 11.7. The van der Waals surface area contributed by atoms with Gasteiger partial charge in [-0.15, -0.1) is 0 Å². The van der Waals surface area contributed by atoms with Crippen LogP contribution >= 0.6 is 0 Å². The third-order valence-corrected chi connectivity index (χ3v) is 6.42. The molecule has 2 N–H and O–H groups in total. The number of nitrogens with zero attached hydrogens (tertiary/aromatic N) is 2. The van der Waals surface area contributed by atoms with Gasteiger partial charge in [0.1, 0.15) is 0 Å². The zero-order chi connectivity index (χ0) is 15.7. The molecular formula is C14H24N2O4S. The van der Waals surface area contributed by atoms with Crippen LogP contribution < -0.4 is 0 Å². The Hall–Kier alpha value is -0.920. The number of hydrogen-bond donors (Lipinski definition) is 2. The second kappa shape index (κ2) is 6.06. The predicted octanol–water partition coefficient (Wildman–Crippen LogP) is -0.0693. The SMILES string of the molecule is CCc1cc(CC(CO)(CO)C2CCS(=O)(=O)C2)n(C)n1. The highest BCUT2D eigenvalue weighted by molar-refractivity contribution is 7.91. The van der Waals surface area contributed by atoms with E-state index >= 15 is 0 Å². The summed E-state index contributed by atoms with van der Waals surface area (Å²) in [5.74, 6) is -0.0186. The van der Waals surface area contributed by atoms with Gasteiger partial charge in [-0.3, -0.25) is 4.68 Å². The van der Waals surface area contributed by atoms with Crippen molar-refractivity contribution < 1.29 is 18.6 Å². The smallest absolute Gasteiger partial charge is 0.150 e. The van der Waals surface area contributed by atoms with Crippen molar-refractivity contribution in [3.05, 3.63) is 17.5 Å². The monoisotopic (exact) mass is 316 g/mol. The summed E-state index contributed by atoms with van der Waals surface area (Å²) in [6, 6.07) is 1.96. The molecule has 0 aromatic carbocycles. The first-order valence-corrected chi connectivity index (χ1v) is 9.12. The number of sulfone groups is 1. The number of hydrogen-bond acceptors (Lipinski definition) is 5. The number of rotatable bonds is 6. The second-order valence-corrected chi connectivity index (χ2v) is 8.29. The van der Waals surface area contributed by atoms with Crippen LogP contribution in [0.1, 0.15) is 24.7 Å². The van der Waals surface area contributed by atoms with E-state index < -0.39 is 15.3 Å². The maximum atomic E-state index is 11.7. The summed E-state index contributed by atoms with van der Waals surface area (Å²) in [5.41, 5.74) is 1.07. The van der Waals surface area contributed by atoms with E-state index in [9.17, 15) is 18.6 Å². The zero-order valence-electron chi connectivity index (χ0n) is 12.6. The average Bonchev–Trinajstić information content (AvgIpc) is 2.99. The van der Waals surface area contributed by atoms with Gasteiger partial charge >= 0.3 is 0 Å². The molecule has 1 atom stereocenters. The fourth-order valence-corrected chi connectivity index (χ4v) is 5.06. The molecule has 1 fully saturated rings. The van der Waals surface area contributed by atoms with Crippen molar-refractivity contribution in [3.8, 4) is 0 Å². The summed E-state index contributed by atoms with van der Waals surface area (Å²) >= 11 is 0. The highest BCUT2D eigenvalue weighted by atomic mass is 32.2. The van der Waals surface area contributed by atoms with E-state index in [0.29, 0.717) is 12.8 Å². The Bertz CT molecular complexity index is 590. The van der Waals surface area contributed by atoms with Crippen LogP contribution in [0.15, 0.2) is 6.07 Å². The topological polar surface area (TPSA) is 92.4 Å². The van der Waals surface area contributed by atoms with Crippen LogP contribution in [0.2, 0.25) is 0 Å². The lowest BCUT2D eigenvalue weighted by Crippen LogP contribution is -2.41. The molecule has 0 saturated carbocycles. The Morgan fingerprint density at radius 3 is 2.52 bits per heavy atom. The van der Waals surface area contributed by atoms with E-state index in [1.54, 1.807) is 4.68 Å². The summed E-state index contributed by atoms with van der Waals surface area (Å²) in [4.78, 5) is 0. The van der Waals surface area contributed by atoms with Crippen molar-refractivity contribution in [2.24, 2.45) is 18.4 Å². The number of aryl methyl sites for hydroxylation is 2. The van der Waals surface area contributed by atoms with Crippen molar-refractivity contribution in [2.75, 3.05) is 24.7 Å². The molecule has 0 radical (unpaired) electrons. The van der Waals surface area contributed by atoms with E-state index in [0.717, 1.165) is 17.8 Å². The van der Waals surface area contributed by atoms with Crippen molar-refractivity contribution in [3.63, 3.8) is 0 Å². The number of aliphatic hydroxyl groups is 2. The Labute approximate surface area is 125 Å². The third-order valence-electron chi connectivity index (χ3n) is 4.65. The lowest BCUT2D eigenvalue weighted by Gasteiger charge is -2.35. The van der Waals surface area contributed by atoms with Gasteiger partial charge in [0.05, 0.1) is 30.4 Å². The van der Waals surface area contributed by atoms with Gasteiger partial charge in [-0.25, -0.2) is 8.42 Å². The lowest BCUT2D eigenvalue weighted by molar-refractivity contribution is 0.0110. The normalized spacial score (nSPS) is 21.8. The quantitative estimate of drug-likeness (QED) is 0.766. The van der Waals surface area contributed by atoms with E-state index in [4.69, 9.17) is 0 Å². The minimum atomic E-state index is -3.05. The van der Waals surface area contributed by atoms with Gasteiger partial charge in [0.25, 0.3) is 0 Å². The first kappa shape index (κ1) is 16.5. The van der Waals surface area contributed by atoms with Crippen molar-refractivity contribution in [2.45, 2.75) is 26.2 Å². The molecule has 1 aromatic rings. The van der Waals surface area contributed by atoms with E-state index in [1.807, 2.05) is 20.0 Å². The highest BCUT2D eigenvalue weighted by Gasteiger charge is 2.44. The zero-order valence-corrected chi connectivity index (χ0v) is 13.4. The molecule has 1 saturated heterocycles. The van der Waals surface area contributed by atoms with Crippen LogP contribution in [0.3, 0.4) is 0 Å². The summed E-state index contributed by atoms with van der Waals surface area (Å²) in [6.45, 7) is 1.56. The van der Waals surface area contributed by atoms with Gasteiger partial charge in [-0.05, 0) is 31.2 Å². The van der Waals surface area contributed by atoms with Crippen LogP contribution in [0, 0.1) is 11.3 Å². The fraction of sp³-hybridized carbons (Fsp3) is 0.786. The molecule has 0 spiro atoms. The van der Waals surface area contributed by atoms with E-state index in [2.05, 4.69) is 5.10 Å². The first-order valence-electron chi connectivity index (χ1n) is 7.29. The molecule has 0 bridgehead atoms. The molecule has 0 aliphatic carbocycles. The highest BCUT2D eigenvalue weighted by Crippen LogP contribution is 2.38. The molecule has 1 aliphatic rings. The third kappa shape index (κ3) is 3.30. The molecule has 2 heterocycles. The molecule has 1 aliphatic heterocycles. The van der Waals surface area contributed by atoms with Crippen LogP contribution in [0.25, 0.3) is 0 Å². The Balaban J connectivity index is 2.27. The van der Waals surface area contributed by atoms with Crippen LogP contribution in [0.5, 0.6) is 0 Å². The van der Waals surface area contributed by atoms with Crippen molar-refractivity contribution in [1.29, 1.82) is 0 Å². The number of aliphatic hydroxyl groups excluding tert-OH is 2. The Kier molecular flexibility index (Phi) is 4.75. The molecule has 120 valence electrons. The minimum absolute atomic E-state index is 0.0482. The van der Waals surface area contributed by atoms with E-state index in [-0.39, 0.29) is 30.6 Å².